The molecule has 0 N–H and O–H groups in total. The number of hydrogen-bond donors (Lipinski definition) is 0. The van der Waals surface area contributed by atoms with E-state index >= 15 is 0 Å². The summed E-state index contributed by atoms with van der Waals surface area (Å²) in [6.07, 6.45) is 1.57. The Morgan fingerprint density at radius 2 is 1.83 bits per heavy atom. The lowest BCUT2D eigenvalue weighted by atomic mass is 9.95. The summed E-state index contributed by atoms with van der Waals surface area (Å²) in [7, 11) is 1.53. The van der Waals surface area contributed by atoms with E-state index in [-0.39, 0.29) is 35.5 Å². The summed E-state index contributed by atoms with van der Waals surface area (Å²) >= 11 is 20.5. The first-order chi connectivity index (χ1) is 22.0. The van der Waals surface area contributed by atoms with Gasteiger partial charge >= 0.3 is 5.97 Å². The Morgan fingerprint density at radius 3 is 2.52 bits per heavy atom. The van der Waals surface area contributed by atoms with Crippen molar-refractivity contribution >= 4 is 58.2 Å². The highest BCUT2D eigenvalue weighted by Gasteiger charge is 2.34. The number of ether oxygens (including phenoxy) is 4. The molecule has 2 heterocycles. The third kappa shape index (κ3) is 6.98. The summed E-state index contributed by atoms with van der Waals surface area (Å²) in [6, 6.07) is 15.0. The second-order valence-corrected chi connectivity index (χ2v) is 12.8. The first-order valence-corrected chi connectivity index (χ1v) is 16.4. The maximum Gasteiger partial charge on any atom is 0.338 e. The molecule has 0 radical (unpaired) electrons. The van der Waals surface area contributed by atoms with Crippen LogP contribution in [0.25, 0.3) is 6.08 Å². The van der Waals surface area contributed by atoms with E-state index in [0.717, 1.165) is 5.56 Å². The van der Waals surface area contributed by atoms with E-state index < -0.39 is 12.0 Å². The molecule has 1 aliphatic heterocycles. The van der Waals surface area contributed by atoms with Gasteiger partial charge in [-0.15, -0.1) is 0 Å². The molecule has 1 aromatic heterocycles. The quantitative estimate of drug-likeness (QED) is 0.164. The lowest BCUT2D eigenvalue weighted by molar-refractivity contribution is -0.139. The average Bonchev–Trinajstić information content (AvgIpc) is 3.30. The van der Waals surface area contributed by atoms with Gasteiger partial charge in [0.25, 0.3) is 5.56 Å². The lowest BCUT2D eigenvalue weighted by Gasteiger charge is -2.25. The highest BCUT2D eigenvalue weighted by molar-refractivity contribution is 7.07. The molecule has 4 aromatic rings. The zero-order chi connectivity index (χ0) is 33.1. The van der Waals surface area contributed by atoms with Crippen molar-refractivity contribution in [3.8, 4) is 17.2 Å². The monoisotopic (exact) mass is 700 g/mol. The molecule has 5 rings (SSSR count). The van der Waals surface area contributed by atoms with Gasteiger partial charge < -0.3 is 18.9 Å². The van der Waals surface area contributed by atoms with E-state index in [9.17, 15) is 9.59 Å². The van der Waals surface area contributed by atoms with Gasteiger partial charge in [-0.05, 0) is 69.7 Å². The fourth-order valence-corrected chi connectivity index (χ4v) is 6.85. The van der Waals surface area contributed by atoms with Crippen LogP contribution in [0.5, 0.6) is 17.2 Å². The number of methoxy groups -OCH3 is 1. The summed E-state index contributed by atoms with van der Waals surface area (Å²) in [5.41, 5.74) is 2.18. The third-order valence-corrected chi connectivity index (χ3v) is 8.89. The van der Waals surface area contributed by atoms with Gasteiger partial charge in [0.15, 0.2) is 16.3 Å². The van der Waals surface area contributed by atoms with Crippen LogP contribution in [0.3, 0.4) is 0 Å². The maximum atomic E-state index is 14.2. The minimum atomic E-state index is -0.849. The third-order valence-electron chi connectivity index (χ3n) is 7.04. The number of carbonyl (C=O) groups is 1. The predicted molar refractivity (Wildman–Crippen MR) is 181 cm³/mol. The Balaban J connectivity index is 1.67. The molecule has 1 atom stereocenters. The SMILES string of the molecule is CCOC(=O)C1=C(C)N=c2s/c(=C/c3cc(Cl)cc(Cl)c3OCc3ccccc3Cl)c(=O)n2[C@H]1c1ccc(OC(C)C)c(OC)c1. The summed E-state index contributed by atoms with van der Waals surface area (Å²) in [5, 5.41) is 1.19. The lowest BCUT2D eigenvalue weighted by Crippen LogP contribution is -2.40. The second-order valence-electron chi connectivity index (χ2n) is 10.6. The molecule has 0 aliphatic carbocycles. The molecule has 3 aromatic carbocycles. The van der Waals surface area contributed by atoms with Crippen molar-refractivity contribution in [2.75, 3.05) is 13.7 Å². The number of aromatic nitrogens is 1. The standard InChI is InChI=1S/C34H31Cl3N2O6S/c1-6-43-33(41)29-19(4)38-34-39(30(29)20-11-12-26(45-18(2)3)27(14-20)42-5)32(40)28(46-34)15-22-13-23(35)16-25(37)31(22)44-17-21-9-7-8-10-24(21)36/h7-16,18,30H,6,17H2,1-5H3/b28-15+/t30-/m0/s1. The van der Waals surface area contributed by atoms with Crippen LogP contribution in [-0.2, 0) is 16.1 Å². The Labute approximate surface area is 285 Å². The van der Waals surface area contributed by atoms with E-state index in [2.05, 4.69) is 4.99 Å². The molecule has 0 fully saturated rings. The van der Waals surface area contributed by atoms with Gasteiger partial charge in [0.1, 0.15) is 12.4 Å². The van der Waals surface area contributed by atoms with Crippen molar-refractivity contribution in [1.82, 2.24) is 4.57 Å². The number of esters is 1. The van der Waals surface area contributed by atoms with Crippen LogP contribution in [0.15, 0.2) is 75.7 Å². The van der Waals surface area contributed by atoms with Crippen LogP contribution in [0.4, 0.5) is 0 Å². The van der Waals surface area contributed by atoms with Gasteiger partial charge in [-0.3, -0.25) is 9.36 Å². The maximum absolute atomic E-state index is 14.2. The van der Waals surface area contributed by atoms with Gasteiger partial charge in [0.2, 0.25) is 0 Å². The molecule has 1 aliphatic rings. The second kappa shape index (κ2) is 14.3. The Morgan fingerprint density at radius 1 is 1.07 bits per heavy atom. The number of rotatable bonds is 10. The minimum absolute atomic E-state index is 0.0896. The van der Waals surface area contributed by atoms with Gasteiger partial charge in [0.05, 0.1) is 46.7 Å². The van der Waals surface area contributed by atoms with Crippen LogP contribution in [0.1, 0.15) is 50.4 Å². The molecule has 0 bridgehead atoms. The molecule has 0 saturated heterocycles. The van der Waals surface area contributed by atoms with Crippen molar-refractivity contribution in [3.05, 3.63) is 117 Å². The Bertz CT molecular complexity index is 2020. The van der Waals surface area contributed by atoms with Crippen molar-refractivity contribution in [2.24, 2.45) is 4.99 Å². The topological polar surface area (TPSA) is 88.4 Å². The first-order valence-electron chi connectivity index (χ1n) is 14.4. The fraction of sp³-hybridized carbons (Fsp3) is 0.265. The highest BCUT2D eigenvalue weighted by atomic mass is 35.5. The molecular formula is C34H31Cl3N2O6S. The summed E-state index contributed by atoms with van der Waals surface area (Å²) < 4.78 is 24.9. The number of halogens is 3. The van der Waals surface area contributed by atoms with Crippen LogP contribution in [-0.4, -0.2) is 30.4 Å². The molecule has 0 saturated carbocycles. The minimum Gasteiger partial charge on any atom is -0.493 e. The molecule has 46 heavy (non-hydrogen) atoms. The zero-order valence-electron chi connectivity index (χ0n) is 25.7. The smallest absolute Gasteiger partial charge is 0.338 e. The van der Waals surface area contributed by atoms with Crippen molar-refractivity contribution in [1.29, 1.82) is 0 Å². The van der Waals surface area contributed by atoms with E-state index in [1.54, 1.807) is 56.3 Å². The predicted octanol–water partition coefficient (Wildman–Crippen LogP) is 7.13. The van der Waals surface area contributed by atoms with E-state index in [1.807, 2.05) is 32.0 Å². The van der Waals surface area contributed by atoms with E-state index in [0.29, 0.717) is 53.5 Å². The zero-order valence-corrected chi connectivity index (χ0v) is 28.8. The van der Waals surface area contributed by atoms with E-state index in [4.69, 9.17) is 53.8 Å². The van der Waals surface area contributed by atoms with Gasteiger partial charge in [-0.2, -0.15) is 0 Å². The summed E-state index contributed by atoms with van der Waals surface area (Å²) in [5.74, 6) is 0.762. The molecule has 0 amide bonds. The first kappa shape index (κ1) is 33.6. The largest absolute Gasteiger partial charge is 0.493 e. The van der Waals surface area contributed by atoms with E-state index in [1.165, 1.54) is 23.0 Å². The van der Waals surface area contributed by atoms with Crippen LogP contribution in [0, 0.1) is 0 Å². The molecular weight excluding hydrogens is 671 g/mol. The fourth-order valence-electron chi connectivity index (χ4n) is 5.06. The van der Waals surface area contributed by atoms with Crippen LogP contribution >= 0.6 is 46.1 Å². The Kier molecular flexibility index (Phi) is 10.5. The van der Waals surface area contributed by atoms with Crippen molar-refractivity contribution in [3.63, 3.8) is 0 Å². The van der Waals surface area contributed by atoms with Gasteiger partial charge in [-0.1, -0.05) is 70.4 Å². The number of benzene rings is 3. The number of carbonyl (C=O) groups excluding carboxylic acids is 1. The number of thiazole rings is 1. The number of nitrogens with zero attached hydrogens (tertiary/aromatic N) is 2. The molecule has 12 heteroatoms. The number of hydrogen-bond acceptors (Lipinski definition) is 8. The van der Waals surface area contributed by atoms with Crippen LogP contribution in [0.2, 0.25) is 15.1 Å². The number of fused-ring (bicyclic) bond motifs is 1. The normalized spacial score (nSPS) is 14.6. The van der Waals surface area contributed by atoms with Crippen LogP contribution < -0.4 is 29.1 Å². The molecule has 240 valence electrons. The molecule has 0 spiro atoms. The Hall–Kier alpha value is -3.76. The summed E-state index contributed by atoms with van der Waals surface area (Å²) in [4.78, 5) is 32.6. The number of allylic oxidation sites excluding steroid dienone is 1. The van der Waals surface area contributed by atoms with Crippen molar-refractivity contribution in [2.45, 2.75) is 46.4 Å². The highest BCUT2D eigenvalue weighted by Crippen LogP contribution is 2.37. The summed E-state index contributed by atoms with van der Waals surface area (Å²) in [6.45, 7) is 7.57. The van der Waals surface area contributed by atoms with Gasteiger partial charge in [0, 0.05) is 21.2 Å². The van der Waals surface area contributed by atoms with Crippen molar-refractivity contribution < 1.29 is 23.7 Å². The molecule has 0 unspecified atom stereocenters. The average molecular weight is 702 g/mol. The molecule has 8 nitrogen and oxygen atoms in total. The van der Waals surface area contributed by atoms with Gasteiger partial charge in [-0.25, -0.2) is 9.79 Å².